The van der Waals surface area contributed by atoms with Crippen molar-refractivity contribution in [3.63, 3.8) is 0 Å². The summed E-state index contributed by atoms with van der Waals surface area (Å²) in [5, 5.41) is 2.02. The number of rotatable bonds is 3. The minimum Gasteiger partial charge on any atom is -0.337 e. The highest BCUT2D eigenvalue weighted by Crippen LogP contribution is 2.22. The Hall–Kier alpha value is -0.650. The van der Waals surface area contributed by atoms with E-state index in [9.17, 15) is 4.79 Å². The van der Waals surface area contributed by atoms with Gasteiger partial charge in [-0.25, -0.2) is 0 Å². The second kappa shape index (κ2) is 6.20. The normalized spacial score (nSPS) is 10.5. The Balaban J connectivity index is 2.14. The van der Waals surface area contributed by atoms with E-state index < -0.39 is 0 Å². The van der Waals surface area contributed by atoms with Crippen LogP contribution in [-0.4, -0.2) is 17.9 Å². The van der Waals surface area contributed by atoms with Crippen LogP contribution in [0.3, 0.4) is 0 Å². The Morgan fingerprint density at radius 2 is 1.95 bits per heavy atom. The number of carbonyl (C=O) groups is 1. The molecule has 2 nitrogen and oxygen atoms in total. The highest BCUT2D eigenvalue weighted by atomic mass is 79.9. The van der Waals surface area contributed by atoms with Gasteiger partial charge in [-0.15, -0.1) is 11.3 Å². The van der Waals surface area contributed by atoms with Gasteiger partial charge in [0.1, 0.15) is 0 Å². The highest BCUT2D eigenvalue weighted by molar-refractivity contribution is 9.10. The van der Waals surface area contributed by atoms with Crippen molar-refractivity contribution in [2.75, 3.05) is 7.05 Å². The van der Waals surface area contributed by atoms with Crippen LogP contribution in [0.4, 0.5) is 0 Å². The molecule has 0 saturated heterocycles. The SMILES string of the molecule is Cc1cc(Br)cc(C(=O)N(C)Cc2cc(Br)cs2)c1. The van der Waals surface area contributed by atoms with E-state index in [2.05, 4.69) is 31.9 Å². The van der Waals surface area contributed by atoms with Crippen LogP contribution >= 0.6 is 43.2 Å². The van der Waals surface area contributed by atoms with Crippen LogP contribution in [0.5, 0.6) is 0 Å². The molecule has 0 N–H and O–H groups in total. The highest BCUT2D eigenvalue weighted by Gasteiger charge is 2.13. The molecular formula is C14H13Br2NOS. The molecule has 2 rings (SSSR count). The lowest BCUT2D eigenvalue weighted by Gasteiger charge is -2.16. The van der Waals surface area contributed by atoms with Crippen molar-refractivity contribution in [3.05, 3.63) is 54.6 Å². The van der Waals surface area contributed by atoms with Gasteiger partial charge in [-0.3, -0.25) is 4.79 Å². The van der Waals surface area contributed by atoms with Crippen molar-refractivity contribution in [2.45, 2.75) is 13.5 Å². The van der Waals surface area contributed by atoms with Crippen molar-refractivity contribution in [1.82, 2.24) is 4.90 Å². The predicted octanol–water partition coefficient (Wildman–Crippen LogP) is 4.85. The van der Waals surface area contributed by atoms with Crippen LogP contribution in [0.15, 0.2) is 38.6 Å². The lowest BCUT2D eigenvalue weighted by Crippen LogP contribution is -2.25. The third-order valence-electron chi connectivity index (χ3n) is 2.65. The average molecular weight is 403 g/mol. The molecular weight excluding hydrogens is 390 g/mol. The second-order valence-electron chi connectivity index (χ2n) is 4.41. The van der Waals surface area contributed by atoms with E-state index in [0.717, 1.165) is 19.4 Å². The summed E-state index contributed by atoms with van der Waals surface area (Å²) in [6.07, 6.45) is 0. The minimum absolute atomic E-state index is 0.0360. The van der Waals surface area contributed by atoms with Gasteiger partial charge in [0.15, 0.2) is 0 Å². The topological polar surface area (TPSA) is 20.3 Å². The number of nitrogens with zero attached hydrogens (tertiary/aromatic N) is 1. The van der Waals surface area contributed by atoms with Gasteiger partial charge in [-0.2, -0.15) is 0 Å². The number of thiophene rings is 1. The third-order valence-corrected chi connectivity index (χ3v) is 4.79. The monoisotopic (exact) mass is 401 g/mol. The quantitative estimate of drug-likeness (QED) is 0.718. The molecule has 100 valence electrons. The maximum atomic E-state index is 12.4. The summed E-state index contributed by atoms with van der Waals surface area (Å²) in [6.45, 7) is 2.61. The van der Waals surface area contributed by atoms with Gasteiger partial charge < -0.3 is 4.90 Å². The molecule has 1 heterocycles. The Bertz CT molecular complexity index is 589. The van der Waals surface area contributed by atoms with Crippen LogP contribution < -0.4 is 0 Å². The number of aryl methyl sites for hydroxylation is 1. The molecule has 0 fully saturated rings. The molecule has 1 aromatic heterocycles. The van der Waals surface area contributed by atoms with Gasteiger partial charge in [-0.1, -0.05) is 15.9 Å². The van der Waals surface area contributed by atoms with Gasteiger partial charge >= 0.3 is 0 Å². The zero-order chi connectivity index (χ0) is 14.0. The van der Waals surface area contributed by atoms with Gasteiger partial charge in [0.25, 0.3) is 5.91 Å². The first-order valence-corrected chi connectivity index (χ1v) is 8.18. The molecule has 0 atom stereocenters. The zero-order valence-corrected chi connectivity index (χ0v) is 14.6. The smallest absolute Gasteiger partial charge is 0.253 e. The molecule has 1 amide bonds. The summed E-state index contributed by atoms with van der Waals surface area (Å²) in [6, 6.07) is 7.80. The van der Waals surface area contributed by atoms with Crippen LogP contribution in [0.25, 0.3) is 0 Å². The fourth-order valence-electron chi connectivity index (χ4n) is 1.82. The maximum Gasteiger partial charge on any atom is 0.253 e. The molecule has 19 heavy (non-hydrogen) atoms. The molecule has 0 aliphatic heterocycles. The number of amides is 1. The summed E-state index contributed by atoms with van der Waals surface area (Å²) in [7, 11) is 1.83. The average Bonchev–Trinajstić information content (AvgIpc) is 2.72. The Kier molecular flexibility index (Phi) is 4.81. The molecule has 0 spiro atoms. The van der Waals surface area contributed by atoms with Crippen molar-refractivity contribution < 1.29 is 4.79 Å². The molecule has 1 aromatic carbocycles. The third kappa shape index (κ3) is 3.91. The van der Waals surface area contributed by atoms with Crippen molar-refractivity contribution in [2.24, 2.45) is 0 Å². The lowest BCUT2D eigenvalue weighted by atomic mass is 10.1. The van der Waals surface area contributed by atoms with E-state index in [1.165, 1.54) is 0 Å². The Labute approximate surface area is 133 Å². The molecule has 0 saturated carbocycles. The lowest BCUT2D eigenvalue weighted by molar-refractivity contribution is 0.0786. The van der Waals surface area contributed by atoms with E-state index in [1.807, 2.05) is 43.6 Å². The predicted molar refractivity (Wildman–Crippen MR) is 86.7 cm³/mol. The van der Waals surface area contributed by atoms with E-state index in [0.29, 0.717) is 12.1 Å². The van der Waals surface area contributed by atoms with Crippen LogP contribution in [0.1, 0.15) is 20.8 Å². The van der Waals surface area contributed by atoms with Gasteiger partial charge in [0, 0.05) is 31.8 Å². The summed E-state index contributed by atoms with van der Waals surface area (Å²) in [5.74, 6) is 0.0360. The standard InChI is InChI=1S/C14H13Br2NOS/c1-9-3-10(5-11(15)4-9)14(18)17(2)7-13-6-12(16)8-19-13/h3-6,8H,7H2,1-2H3. The molecule has 5 heteroatoms. The summed E-state index contributed by atoms with van der Waals surface area (Å²) >= 11 is 8.50. The van der Waals surface area contributed by atoms with E-state index in [4.69, 9.17) is 0 Å². The van der Waals surface area contributed by atoms with E-state index in [-0.39, 0.29) is 5.91 Å². The molecule has 2 aromatic rings. The fraction of sp³-hybridized carbons (Fsp3) is 0.214. The maximum absolute atomic E-state index is 12.4. The van der Waals surface area contributed by atoms with E-state index in [1.54, 1.807) is 16.2 Å². The van der Waals surface area contributed by atoms with Crippen molar-refractivity contribution >= 4 is 49.1 Å². The molecule has 0 bridgehead atoms. The van der Waals surface area contributed by atoms with Gasteiger partial charge in [0.05, 0.1) is 6.54 Å². The molecule has 0 unspecified atom stereocenters. The van der Waals surface area contributed by atoms with Gasteiger partial charge in [0.2, 0.25) is 0 Å². The summed E-state index contributed by atoms with van der Waals surface area (Å²) in [4.78, 5) is 15.3. The minimum atomic E-state index is 0.0360. The molecule has 0 aliphatic carbocycles. The summed E-state index contributed by atoms with van der Waals surface area (Å²) < 4.78 is 2.00. The van der Waals surface area contributed by atoms with Gasteiger partial charge in [-0.05, 0) is 52.7 Å². The number of benzene rings is 1. The number of hydrogen-bond acceptors (Lipinski definition) is 2. The van der Waals surface area contributed by atoms with E-state index >= 15 is 0 Å². The molecule has 0 aliphatic rings. The van der Waals surface area contributed by atoms with Crippen molar-refractivity contribution in [3.8, 4) is 0 Å². The largest absolute Gasteiger partial charge is 0.337 e. The Morgan fingerprint density at radius 1 is 1.21 bits per heavy atom. The second-order valence-corrected chi connectivity index (χ2v) is 7.24. The zero-order valence-electron chi connectivity index (χ0n) is 10.6. The number of halogens is 2. The Morgan fingerprint density at radius 3 is 2.53 bits per heavy atom. The summed E-state index contributed by atoms with van der Waals surface area (Å²) in [5.41, 5.74) is 1.79. The first-order valence-electron chi connectivity index (χ1n) is 5.71. The van der Waals surface area contributed by atoms with Crippen LogP contribution in [-0.2, 0) is 6.54 Å². The van der Waals surface area contributed by atoms with Crippen LogP contribution in [0.2, 0.25) is 0 Å². The number of hydrogen-bond donors (Lipinski definition) is 0. The number of carbonyl (C=O) groups excluding carboxylic acids is 1. The fourth-order valence-corrected chi connectivity index (χ4v) is 3.93. The first kappa shape index (κ1) is 14.8. The van der Waals surface area contributed by atoms with Crippen molar-refractivity contribution in [1.29, 1.82) is 0 Å². The first-order chi connectivity index (χ1) is 8.95. The van der Waals surface area contributed by atoms with Crippen LogP contribution in [0, 0.1) is 6.92 Å². The molecule has 0 radical (unpaired) electrons.